The SMILES string of the molecule is CC1CCCC(NCc2ccc(O)cc2)CC1. The molecule has 0 radical (unpaired) electrons. The van der Waals surface area contributed by atoms with Gasteiger partial charge < -0.3 is 10.4 Å². The second-order valence-electron chi connectivity index (χ2n) is 5.36. The summed E-state index contributed by atoms with van der Waals surface area (Å²) in [5.74, 6) is 1.24. The maximum atomic E-state index is 9.22. The molecule has 17 heavy (non-hydrogen) atoms. The van der Waals surface area contributed by atoms with E-state index in [4.69, 9.17) is 0 Å². The van der Waals surface area contributed by atoms with E-state index >= 15 is 0 Å². The topological polar surface area (TPSA) is 32.3 Å². The molecule has 2 heteroatoms. The van der Waals surface area contributed by atoms with E-state index in [9.17, 15) is 5.11 Å². The van der Waals surface area contributed by atoms with Crippen LogP contribution in [-0.2, 0) is 6.54 Å². The van der Waals surface area contributed by atoms with Crippen LogP contribution < -0.4 is 5.32 Å². The molecular formula is C15H23NO. The Morgan fingerprint density at radius 1 is 1.12 bits per heavy atom. The molecule has 1 aliphatic carbocycles. The fourth-order valence-corrected chi connectivity index (χ4v) is 2.57. The van der Waals surface area contributed by atoms with E-state index in [1.54, 1.807) is 12.1 Å². The minimum atomic E-state index is 0.344. The molecule has 0 saturated heterocycles. The lowest BCUT2D eigenvalue weighted by molar-refractivity contribution is 0.446. The Bertz CT molecular complexity index is 333. The standard InChI is InChI=1S/C15H23NO/c1-12-3-2-4-14(8-5-12)16-11-13-6-9-15(17)10-7-13/h6-7,9-10,12,14,16-17H,2-5,8,11H2,1H3. The summed E-state index contributed by atoms with van der Waals surface area (Å²) in [5, 5.41) is 12.9. The summed E-state index contributed by atoms with van der Waals surface area (Å²) in [7, 11) is 0. The summed E-state index contributed by atoms with van der Waals surface area (Å²) >= 11 is 0. The maximum absolute atomic E-state index is 9.22. The van der Waals surface area contributed by atoms with Crippen LogP contribution >= 0.6 is 0 Å². The monoisotopic (exact) mass is 233 g/mol. The van der Waals surface area contributed by atoms with Gasteiger partial charge in [-0.15, -0.1) is 0 Å². The number of aromatic hydroxyl groups is 1. The van der Waals surface area contributed by atoms with E-state index in [0.29, 0.717) is 11.8 Å². The Morgan fingerprint density at radius 3 is 2.65 bits per heavy atom. The Balaban J connectivity index is 1.79. The van der Waals surface area contributed by atoms with E-state index in [1.165, 1.54) is 37.7 Å². The summed E-state index contributed by atoms with van der Waals surface area (Å²) in [5.41, 5.74) is 1.25. The highest BCUT2D eigenvalue weighted by atomic mass is 16.3. The molecule has 1 saturated carbocycles. The molecule has 1 aromatic rings. The molecule has 1 fully saturated rings. The van der Waals surface area contributed by atoms with Crippen molar-refractivity contribution in [1.29, 1.82) is 0 Å². The number of nitrogens with one attached hydrogen (secondary N) is 1. The largest absolute Gasteiger partial charge is 0.508 e. The first-order chi connectivity index (χ1) is 8.24. The van der Waals surface area contributed by atoms with Gasteiger partial charge in [0.15, 0.2) is 0 Å². The lowest BCUT2D eigenvalue weighted by Gasteiger charge is -2.16. The molecule has 0 bridgehead atoms. The van der Waals surface area contributed by atoms with Gasteiger partial charge in [-0.1, -0.05) is 31.9 Å². The smallest absolute Gasteiger partial charge is 0.115 e. The third-order valence-electron chi connectivity index (χ3n) is 3.79. The molecule has 0 amide bonds. The summed E-state index contributed by atoms with van der Waals surface area (Å²) < 4.78 is 0. The van der Waals surface area contributed by atoms with Crippen LogP contribution in [0.25, 0.3) is 0 Å². The van der Waals surface area contributed by atoms with Crippen molar-refractivity contribution in [3.8, 4) is 5.75 Å². The van der Waals surface area contributed by atoms with E-state index in [1.807, 2.05) is 12.1 Å². The molecule has 2 rings (SSSR count). The van der Waals surface area contributed by atoms with Crippen molar-refractivity contribution in [2.24, 2.45) is 5.92 Å². The van der Waals surface area contributed by atoms with Crippen LogP contribution in [0.3, 0.4) is 0 Å². The molecule has 2 unspecified atom stereocenters. The van der Waals surface area contributed by atoms with Gasteiger partial charge in [0.25, 0.3) is 0 Å². The molecule has 0 heterocycles. The average Bonchev–Trinajstić information content (AvgIpc) is 2.54. The second-order valence-corrected chi connectivity index (χ2v) is 5.36. The highest BCUT2D eigenvalue weighted by Gasteiger charge is 2.15. The number of hydrogen-bond acceptors (Lipinski definition) is 2. The molecule has 0 aliphatic heterocycles. The predicted octanol–water partition coefficient (Wildman–Crippen LogP) is 3.45. The van der Waals surface area contributed by atoms with Crippen molar-refractivity contribution in [2.75, 3.05) is 0 Å². The molecule has 2 N–H and O–H groups in total. The minimum absolute atomic E-state index is 0.344. The van der Waals surface area contributed by atoms with E-state index in [-0.39, 0.29) is 0 Å². The van der Waals surface area contributed by atoms with E-state index in [2.05, 4.69) is 12.2 Å². The van der Waals surface area contributed by atoms with Crippen molar-refractivity contribution in [3.05, 3.63) is 29.8 Å². The lowest BCUT2D eigenvalue weighted by atomic mass is 10.0. The normalized spacial score (nSPS) is 25.5. The summed E-state index contributed by atoms with van der Waals surface area (Å²) in [4.78, 5) is 0. The number of phenols is 1. The van der Waals surface area contributed by atoms with Gasteiger partial charge in [0.05, 0.1) is 0 Å². The Kier molecular flexibility index (Phi) is 4.43. The van der Waals surface area contributed by atoms with Crippen LogP contribution in [0, 0.1) is 5.92 Å². The van der Waals surface area contributed by atoms with Crippen molar-refractivity contribution in [3.63, 3.8) is 0 Å². The van der Waals surface area contributed by atoms with Crippen molar-refractivity contribution >= 4 is 0 Å². The molecule has 0 spiro atoms. The predicted molar refractivity (Wildman–Crippen MR) is 71.0 cm³/mol. The number of hydrogen-bond donors (Lipinski definition) is 2. The zero-order valence-corrected chi connectivity index (χ0v) is 10.7. The van der Waals surface area contributed by atoms with Gasteiger partial charge in [-0.3, -0.25) is 0 Å². The van der Waals surface area contributed by atoms with Crippen LogP contribution in [0.1, 0.15) is 44.6 Å². The minimum Gasteiger partial charge on any atom is -0.508 e. The van der Waals surface area contributed by atoms with Gasteiger partial charge in [-0.2, -0.15) is 0 Å². The first-order valence-electron chi connectivity index (χ1n) is 6.75. The van der Waals surface area contributed by atoms with Crippen molar-refractivity contribution in [2.45, 2.75) is 51.6 Å². The Hall–Kier alpha value is -1.02. The third-order valence-corrected chi connectivity index (χ3v) is 3.79. The maximum Gasteiger partial charge on any atom is 0.115 e. The summed E-state index contributed by atoms with van der Waals surface area (Å²) in [6.07, 6.45) is 6.71. The van der Waals surface area contributed by atoms with Gasteiger partial charge >= 0.3 is 0 Å². The summed E-state index contributed by atoms with van der Waals surface area (Å²) in [6, 6.07) is 8.16. The zero-order chi connectivity index (χ0) is 12.1. The molecule has 0 aromatic heterocycles. The van der Waals surface area contributed by atoms with E-state index in [0.717, 1.165) is 12.5 Å². The third kappa shape index (κ3) is 4.04. The van der Waals surface area contributed by atoms with Crippen LogP contribution in [0.4, 0.5) is 0 Å². The van der Waals surface area contributed by atoms with Gasteiger partial charge in [-0.25, -0.2) is 0 Å². The van der Waals surface area contributed by atoms with Crippen LogP contribution in [-0.4, -0.2) is 11.1 Å². The van der Waals surface area contributed by atoms with Crippen LogP contribution in [0.15, 0.2) is 24.3 Å². The first kappa shape index (κ1) is 12.4. The van der Waals surface area contributed by atoms with Gasteiger partial charge in [0.1, 0.15) is 5.75 Å². The van der Waals surface area contributed by atoms with E-state index < -0.39 is 0 Å². The number of phenolic OH excluding ortho intramolecular Hbond substituents is 1. The lowest BCUT2D eigenvalue weighted by Crippen LogP contribution is -2.27. The zero-order valence-electron chi connectivity index (χ0n) is 10.7. The molecule has 1 aliphatic rings. The molecular weight excluding hydrogens is 210 g/mol. The fraction of sp³-hybridized carbons (Fsp3) is 0.600. The van der Waals surface area contributed by atoms with Crippen LogP contribution in [0.2, 0.25) is 0 Å². The average molecular weight is 233 g/mol. The Morgan fingerprint density at radius 2 is 1.88 bits per heavy atom. The highest BCUT2D eigenvalue weighted by Crippen LogP contribution is 2.22. The highest BCUT2D eigenvalue weighted by molar-refractivity contribution is 5.25. The van der Waals surface area contributed by atoms with Gasteiger partial charge in [-0.05, 0) is 42.9 Å². The first-order valence-corrected chi connectivity index (χ1v) is 6.75. The van der Waals surface area contributed by atoms with Crippen molar-refractivity contribution < 1.29 is 5.11 Å². The molecule has 2 atom stereocenters. The second kappa shape index (κ2) is 6.06. The fourth-order valence-electron chi connectivity index (χ4n) is 2.57. The van der Waals surface area contributed by atoms with Crippen molar-refractivity contribution in [1.82, 2.24) is 5.32 Å². The Labute approximate surface area is 104 Å². The number of benzene rings is 1. The van der Waals surface area contributed by atoms with Crippen LogP contribution in [0.5, 0.6) is 5.75 Å². The van der Waals surface area contributed by atoms with Gasteiger partial charge in [0.2, 0.25) is 0 Å². The number of rotatable bonds is 3. The van der Waals surface area contributed by atoms with Gasteiger partial charge in [0, 0.05) is 12.6 Å². The summed E-state index contributed by atoms with van der Waals surface area (Å²) in [6.45, 7) is 3.28. The quantitative estimate of drug-likeness (QED) is 0.784. The molecule has 94 valence electrons. The molecule has 1 aromatic carbocycles. The molecule has 2 nitrogen and oxygen atoms in total.